The minimum absolute atomic E-state index is 0.135. The highest BCUT2D eigenvalue weighted by molar-refractivity contribution is 5.96. The summed E-state index contributed by atoms with van der Waals surface area (Å²) in [5.41, 5.74) is -1.80. The lowest BCUT2D eigenvalue weighted by Crippen LogP contribution is -2.41. The number of alkyl halides is 3. The van der Waals surface area contributed by atoms with Crippen molar-refractivity contribution in [3.05, 3.63) is 35.1 Å². The summed E-state index contributed by atoms with van der Waals surface area (Å²) < 4.78 is 52.1. The maximum atomic E-state index is 13.1. The molecule has 1 heterocycles. The first-order chi connectivity index (χ1) is 10.6. The van der Waals surface area contributed by atoms with Gasteiger partial charge in [-0.05, 0) is 38.0 Å². The van der Waals surface area contributed by atoms with E-state index in [1.54, 1.807) is 0 Å². The van der Waals surface area contributed by atoms with Crippen molar-refractivity contribution >= 4 is 5.91 Å². The summed E-state index contributed by atoms with van der Waals surface area (Å²) in [7, 11) is 0. The maximum absolute atomic E-state index is 13.1. The quantitative estimate of drug-likeness (QED) is 0.862. The molecule has 0 aromatic heterocycles. The summed E-state index contributed by atoms with van der Waals surface area (Å²) in [6.45, 7) is 7.37. The number of rotatable bonds is 3. The summed E-state index contributed by atoms with van der Waals surface area (Å²) in [6, 6.07) is 2.18. The average Bonchev–Trinajstić information content (AvgIpc) is 2.79. The highest BCUT2D eigenvalue weighted by atomic mass is 19.4. The van der Waals surface area contributed by atoms with E-state index in [1.165, 1.54) is 0 Å². The molecule has 2 unspecified atom stereocenters. The van der Waals surface area contributed by atoms with Crippen molar-refractivity contribution < 1.29 is 22.4 Å². The number of carbonyl (C=O) groups excluding carboxylic acids is 1. The number of nitrogens with zero attached hydrogens (tertiary/aromatic N) is 1. The third kappa shape index (κ3) is 4.02. The van der Waals surface area contributed by atoms with E-state index in [1.807, 2.05) is 20.8 Å². The van der Waals surface area contributed by atoms with Crippen LogP contribution in [0.2, 0.25) is 0 Å². The van der Waals surface area contributed by atoms with Crippen LogP contribution in [0.3, 0.4) is 0 Å². The van der Waals surface area contributed by atoms with Gasteiger partial charge in [-0.1, -0.05) is 6.92 Å². The zero-order chi connectivity index (χ0) is 17.4. The smallest absolute Gasteiger partial charge is 0.348 e. The number of carbonyl (C=O) groups is 1. The highest BCUT2D eigenvalue weighted by Gasteiger charge is 2.37. The zero-order valence-corrected chi connectivity index (χ0v) is 13.2. The van der Waals surface area contributed by atoms with E-state index in [9.17, 15) is 22.4 Å². The Morgan fingerprint density at radius 1 is 1.30 bits per heavy atom. The second kappa shape index (κ2) is 6.47. The molecule has 1 N–H and O–H groups in total. The Hall–Kier alpha value is -1.63. The molecule has 1 aromatic rings. The lowest BCUT2D eigenvalue weighted by Gasteiger charge is -2.21. The Labute approximate surface area is 132 Å². The van der Waals surface area contributed by atoms with Crippen molar-refractivity contribution in [3.63, 3.8) is 0 Å². The molecule has 1 aliphatic rings. The highest BCUT2D eigenvalue weighted by Crippen LogP contribution is 2.32. The molecular formula is C16H20F4N2O. The monoisotopic (exact) mass is 332 g/mol. The predicted octanol–water partition coefficient (Wildman–Crippen LogP) is 3.30. The molecule has 1 aliphatic heterocycles. The predicted molar refractivity (Wildman–Crippen MR) is 78.5 cm³/mol. The maximum Gasteiger partial charge on any atom is 0.417 e. The van der Waals surface area contributed by atoms with Crippen LogP contribution < -0.4 is 5.32 Å². The molecule has 1 amide bonds. The van der Waals surface area contributed by atoms with Gasteiger partial charge in [0, 0.05) is 25.2 Å². The van der Waals surface area contributed by atoms with E-state index in [2.05, 4.69) is 10.2 Å². The molecule has 7 heteroatoms. The van der Waals surface area contributed by atoms with E-state index < -0.39 is 29.0 Å². The van der Waals surface area contributed by atoms with Crippen LogP contribution in [0.5, 0.6) is 0 Å². The Morgan fingerprint density at radius 2 is 1.96 bits per heavy atom. The number of hydrogen-bond donors (Lipinski definition) is 1. The molecule has 128 valence electrons. The van der Waals surface area contributed by atoms with Gasteiger partial charge in [0.2, 0.25) is 0 Å². The Balaban J connectivity index is 2.19. The van der Waals surface area contributed by atoms with Crippen molar-refractivity contribution in [2.24, 2.45) is 5.92 Å². The number of halogens is 4. The molecule has 1 aromatic carbocycles. The Kier molecular flexibility index (Phi) is 4.98. The number of likely N-dealkylation sites (tertiary alicyclic amines) is 1. The van der Waals surface area contributed by atoms with Crippen LogP contribution in [0.15, 0.2) is 18.2 Å². The third-order valence-corrected chi connectivity index (χ3v) is 4.22. The average molecular weight is 332 g/mol. The number of amides is 1. The summed E-state index contributed by atoms with van der Waals surface area (Å²) in [5, 5.41) is 2.66. The second-order valence-electron chi connectivity index (χ2n) is 6.29. The van der Waals surface area contributed by atoms with Gasteiger partial charge >= 0.3 is 6.18 Å². The minimum Gasteiger partial charge on any atom is -0.348 e. The summed E-state index contributed by atoms with van der Waals surface area (Å²) in [5.74, 6) is -1.70. The van der Waals surface area contributed by atoms with E-state index >= 15 is 0 Å². The lowest BCUT2D eigenvalue weighted by atomic mass is 10.0. The van der Waals surface area contributed by atoms with Gasteiger partial charge < -0.3 is 5.32 Å². The largest absolute Gasteiger partial charge is 0.417 e. The van der Waals surface area contributed by atoms with Crippen LogP contribution in [-0.4, -0.2) is 36.0 Å². The molecule has 1 fully saturated rings. The van der Waals surface area contributed by atoms with Crippen molar-refractivity contribution in [3.8, 4) is 0 Å². The molecule has 1 saturated heterocycles. The number of benzene rings is 1. The molecule has 2 atom stereocenters. The van der Waals surface area contributed by atoms with E-state index in [-0.39, 0.29) is 12.0 Å². The SMILES string of the molecule is CC1CN(C(C)C)CC1NC(=O)c1ccc(F)cc1C(F)(F)F. The van der Waals surface area contributed by atoms with Crippen molar-refractivity contribution in [1.29, 1.82) is 0 Å². The fraction of sp³-hybridized carbons (Fsp3) is 0.562. The number of hydrogen-bond acceptors (Lipinski definition) is 2. The molecule has 0 bridgehead atoms. The molecule has 0 aliphatic carbocycles. The lowest BCUT2D eigenvalue weighted by molar-refractivity contribution is -0.138. The van der Waals surface area contributed by atoms with E-state index in [0.717, 1.165) is 18.7 Å². The summed E-state index contributed by atoms with van der Waals surface area (Å²) in [6.07, 6.45) is -4.78. The molecule has 0 radical (unpaired) electrons. The van der Waals surface area contributed by atoms with Crippen LogP contribution in [-0.2, 0) is 6.18 Å². The van der Waals surface area contributed by atoms with Gasteiger partial charge in [-0.2, -0.15) is 13.2 Å². The fourth-order valence-corrected chi connectivity index (χ4v) is 2.81. The first-order valence-electron chi connectivity index (χ1n) is 7.51. The van der Waals surface area contributed by atoms with Crippen LogP contribution in [0.25, 0.3) is 0 Å². The van der Waals surface area contributed by atoms with Gasteiger partial charge in [0.1, 0.15) is 5.82 Å². The van der Waals surface area contributed by atoms with Gasteiger partial charge in [0.05, 0.1) is 11.1 Å². The zero-order valence-electron chi connectivity index (χ0n) is 13.2. The molecule has 0 saturated carbocycles. The fourth-order valence-electron chi connectivity index (χ4n) is 2.81. The first-order valence-corrected chi connectivity index (χ1v) is 7.51. The Morgan fingerprint density at radius 3 is 2.48 bits per heavy atom. The second-order valence-corrected chi connectivity index (χ2v) is 6.29. The topological polar surface area (TPSA) is 32.3 Å². The van der Waals surface area contributed by atoms with Gasteiger partial charge in [-0.25, -0.2) is 4.39 Å². The molecule has 3 nitrogen and oxygen atoms in total. The third-order valence-electron chi connectivity index (χ3n) is 4.22. The standard InChI is InChI=1S/C16H20F4N2O/c1-9(2)22-7-10(3)14(8-22)21-15(23)12-5-4-11(17)6-13(12)16(18,19)20/h4-6,9-10,14H,7-8H2,1-3H3,(H,21,23). The Bertz CT molecular complexity index is 586. The number of nitrogens with one attached hydrogen (secondary N) is 1. The van der Waals surface area contributed by atoms with Gasteiger partial charge in [-0.3, -0.25) is 9.69 Å². The van der Waals surface area contributed by atoms with Crippen LogP contribution in [0, 0.1) is 11.7 Å². The molecule has 0 spiro atoms. The van der Waals surface area contributed by atoms with Gasteiger partial charge in [0.15, 0.2) is 0 Å². The van der Waals surface area contributed by atoms with Crippen LogP contribution in [0.4, 0.5) is 17.6 Å². The van der Waals surface area contributed by atoms with E-state index in [4.69, 9.17) is 0 Å². The van der Waals surface area contributed by atoms with E-state index in [0.29, 0.717) is 18.7 Å². The van der Waals surface area contributed by atoms with Gasteiger partial charge in [-0.15, -0.1) is 0 Å². The van der Waals surface area contributed by atoms with Crippen LogP contribution in [0.1, 0.15) is 36.7 Å². The summed E-state index contributed by atoms with van der Waals surface area (Å²) >= 11 is 0. The van der Waals surface area contributed by atoms with Gasteiger partial charge in [0.25, 0.3) is 5.91 Å². The molecule has 23 heavy (non-hydrogen) atoms. The van der Waals surface area contributed by atoms with Crippen molar-refractivity contribution in [1.82, 2.24) is 10.2 Å². The van der Waals surface area contributed by atoms with Crippen molar-refractivity contribution in [2.75, 3.05) is 13.1 Å². The minimum atomic E-state index is -4.78. The first kappa shape index (κ1) is 17.7. The van der Waals surface area contributed by atoms with Crippen LogP contribution >= 0.6 is 0 Å². The normalized spacial score (nSPS) is 22.6. The summed E-state index contributed by atoms with van der Waals surface area (Å²) in [4.78, 5) is 14.4. The molecular weight excluding hydrogens is 312 g/mol. The van der Waals surface area contributed by atoms with Crippen molar-refractivity contribution in [2.45, 2.75) is 39.0 Å². The molecule has 2 rings (SSSR count).